The number of phenolic OH excluding ortho intramolecular Hbond substituents is 1. The average Bonchev–Trinajstić information content (AvgIpc) is 2.70. The predicted octanol–water partition coefficient (Wildman–Crippen LogP) is 2.41. The van der Waals surface area contributed by atoms with E-state index in [9.17, 15) is 9.50 Å². The van der Waals surface area contributed by atoms with Gasteiger partial charge in [-0.05, 0) is 13.0 Å². The molecule has 0 aliphatic carbocycles. The molecule has 0 unspecified atom stereocenters. The van der Waals surface area contributed by atoms with E-state index in [-0.39, 0.29) is 5.75 Å². The summed E-state index contributed by atoms with van der Waals surface area (Å²) < 4.78 is 15.2. The zero-order chi connectivity index (χ0) is 10.8. The summed E-state index contributed by atoms with van der Waals surface area (Å²) in [5.74, 6) is -0.940. The summed E-state index contributed by atoms with van der Waals surface area (Å²) in [4.78, 5) is 0. The standard InChI is InChI=1S/C11H11FN2O/c1-2-14-7-8(6-13-14)9-4-3-5-10(15)11(9)12/h3-7,15H,2H2,1H3. The second-order valence-corrected chi connectivity index (χ2v) is 3.22. The lowest BCUT2D eigenvalue weighted by Crippen LogP contribution is -1.92. The van der Waals surface area contributed by atoms with Gasteiger partial charge < -0.3 is 5.11 Å². The van der Waals surface area contributed by atoms with Crippen LogP contribution in [0.15, 0.2) is 30.6 Å². The Morgan fingerprint density at radius 3 is 2.93 bits per heavy atom. The number of halogens is 1. The third-order valence-electron chi connectivity index (χ3n) is 2.25. The minimum Gasteiger partial charge on any atom is -0.505 e. The molecule has 0 spiro atoms. The Kier molecular flexibility index (Phi) is 2.41. The van der Waals surface area contributed by atoms with Gasteiger partial charge in [0.25, 0.3) is 0 Å². The molecule has 0 radical (unpaired) electrons. The Morgan fingerprint density at radius 2 is 2.27 bits per heavy atom. The first-order valence-corrected chi connectivity index (χ1v) is 4.72. The van der Waals surface area contributed by atoms with Crippen molar-refractivity contribution in [2.75, 3.05) is 0 Å². The number of phenols is 1. The van der Waals surface area contributed by atoms with Gasteiger partial charge in [0.05, 0.1) is 6.20 Å². The van der Waals surface area contributed by atoms with Gasteiger partial charge in [0.1, 0.15) is 0 Å². The highest BCUT2D eigenvalue weighted by Crippen LogP contribution is 2.27. The van der Waals surface area contributed by atoms with E-state index in [2.05, 4.69) is 5.10 Å². The summed E-state index contributed by atoms with van der Waals surface area (Å²) in [6.45, 7) is 2.69. The maximum absolute atomic E-state index is 13.5. The van der Waals surface area contributed by atoms with Gasteiger partial charge in [-0.25, -0.2) is 4.39 Å². The molecule has 0 aliphatic heterocycles. The fourth-order valence-electron chi connectivity index (χ4n) is 1.42. The topological polar surface area (TPSA) is 38.0 Å². The van der Waals surface area contributed by atoms with Crippen LogP contribution in [0.2, 0.25) is 0 Å². The number of hydrogen-bond donors (Lipinski definition) is 1. The molecular weight excluding hydrogens is 195 g/mol. The van der Waals surface area contributed by atoms with Gasteiger partial charge in [-0.15, -0.1) is 0 Å². The second kappa shape index (κ2) is 3.73. The van der Waals surface area contributed by atoms with Gasteiger partial charge in [-0.3, -0.25) is 4.68 Å². The molecule has 0 saturated heterocycles. The summed E-state index contributed by atoms with van der Waals surface area (Å²) >= 11 is 0. The highest BCUT2D eigenvalue weighted by molar-refractivity contribution is 5.64. The predicted molar refractivity (Wildman–Crippen MR) is 55.0 cm³/mol. The van der Waals surface area contributed by atoms with Crippen molar-refractivity contribution in [1.29, 1.82) is 0 Å². The molecule has 1 heterocycles. The molecule has 1 N–H and O–H groups in total. The molecule has 78 valence electrons. The number of hydrogen-bond acceptors (Lipinski definition) is 2. The van der Waals surface area contributed by atoms with Crippen molar-refractivity contribution in [2.45, 2.75) is 13.5 Å². The number of aromatic hydroxyl groups is 1. The minimum atomic E-state index is -0.604. The molecule has 0 atom stereocenters. The van der Waals surface area contributed by atoms with E-state index in [0.717, 1.165) is 6.54 Å². The van der Waals surface area contributed by atoms with Crippen LogP contribution in [0, 0.1) is 5.82 Å². The second-order valence-electron chi connectivity index (χ2n) is 3.22. The molecule has 2 rings (SSSR count). The number of aromatic nitrogens is 2. The molecule has 1 aromatic carbocycles. The zero-order valence-electron chi connectivity index (χ0n) is 8.31. The number of benzene rings is 1. The number of rotatable bonds is 2. The molecule has 0 bridgehead atoms. The molecule has 0 aliphatic rings. The Labute approximate surface area is 86.8 Å². The van der Waals surface area contributed by atoms with Crippen LogP contribution in [-0.2, 0) is 6.54 Å². The van der Waals surface area contributed by atoms with Crippen LogP contribution in [0.1, 0.15) is 6.92 Å². The maximum atomic E-state index is 13.5. The van der Waals surface area contributed by atoms with Crippen LogP contribution in [0.4, 0.5) is 4.39 Å². The third kappa shape index (κ3) is 1.70. The molecule has 4 heteroatoms. The van der Waals surface area contributed by atoms with Crippen molar-refractivity contribution in [3.05, 3.63) is 36.4 Å². The third-order valence-corrected chi connectivity index (χ3v) is 2.25. The fraction of sp³-hybridized carbons (Fsp3) is 0.182. The number of nitrogens with zero attached hydrogens (tertiary/aromatic N) is 2. The van der Waals surface area contributed by atoms with Gasteiger partial charge in [-0.2, -0.15) is 5.10 Å². The Bertz CT molecular complexity index is 479. The van der Waals surface area contributed by atoms with Crippen molar-refractivity contribution in [3.63, 3.8) is 0 Å². The van der Waals surface area contributed by atoms with Crippen LogP contribution in [0.25, 0.3) is 11.1 Å². The lowest BCUT2D eigenvalue weighted by Gasteiger charge is -2.01. The quantitative estimate of drug-likeness (QED) is 0.819. The summed E-state index contributed by atoms with van der Waals surface area (Å²) in [7, 11) is 0. The van der Waals surface area contributed by atoms with Crippen molar-refractivity contribution in [3.8, 4) is 16.9 Å². The van der Waals surface area contributed by atoms with E-state index in [1.54, 1.807) is 29.2 Å². The van der Waals surface area contributed by atoms with Crippen LogP contribution < -0.4 is 0 Å². The van der Waals surface area contributed by atoms with E-state index in [1.165, 1.54) is 6.07 Å². The molecule has 2 aromatic rings. The lowest BCUT2D eigenvalue weighted by molar-refractivity contribution is 0.433. The van der Waals surface area contributed by atoms with E-state index in [0.29, 0.717) is 11.1 Å². The Morgan fingerprint density at radius 1 is 1.47 bits per heavy atom. The first kappa shape index (κ1) is 9.71. The first-order valence-electron chi connectivity index (χ1n) is 4.72. The SMILES string of the molecule is CCn1cc(-c2cccc(O)c2F)cn1. The van der Waals surface area contributed by atoms with Crippen LogP contribution in [-0.4, -0.2) is 14.9 Å². The van der Waals surface area contributed by atoms with Gasteiger partial charge in [0.2, 0.25) is 0 Å². The molecule has 15 heavy (non-hydrogen) atoms. The molecule has 3 nitrogen and oxygen atoms in total. The zero-order valence-corrected chi connectivity index (χ0v) is 8.31. The molecule has 1 aromatic heterocycles. The fourth-order valence-corrected chi connectivity index (χ4v) is 1.42. The van der Waals surface area contributed by atoms with Crippen molar-refractivity contribution >= 4 is 0 Å². The van der Waals surface area contributed by atoms with Crippen LogP contribution >= 0.6 is 0 Å². The highest BCUT2D eigenvalue weighted by Gasteiger charge is 2.10. The minimum absolute atomic E-state index is 0.336. The van der Waals surface area contributed by atoms with Crippen LogP contribution in [0.3, 0.4) is 0 Å². The van der Waals surface area contributed by atoms with Crippen molar-refractivity contribution in [2.24, 2.45) is 0 Å². The normalized spacial score (nSPS) is 10.5. The highest BCUT2D eigenvalue weighted by atomic mass is 19.1. The number of aryl methyl sites for hydroxylation is 1. The summed E-state index contributed by atoms with van der Waals surface area (Å²) in [6, 6.07) is 4.55. The Hall–Kier alpha value is -1.84. The summed E-state index contributed by atoms with van der Waals surface area (Å²) in [6.07, 6.45) is 3.33. The van der Waals surface area contributed by atoms with Crippen molar-refractivity contribution < 1.29 is 9.50 Å². The molecule has 0 amide bonds. The lowest BCUT2D eigenvalue weighted by atomic mass is 10.1. The van der Waals surface area contributed by atoms with E-state index in [4.69, 9.17) is 0 Å². The first-order chi connectivity index (χ1) is 7.22. The monoisotopic (exact) mass is 206 g/mol. The van der Waals surface area contributed by atoms with Gasteiger partial charge in [0, 0.05) is 23.9 Å². The maximum Gasteiger partial charge on any atom is 0.172 e. The summed E-state index contributed by atoms with van der Waals surface area (Å²) in [5.41, 5.74) is 1.04. The van der Waals surface area contributed by atoms with Crippen molar-refractivity contribution in [1.82, 2.24) is 9.78 Å². The van der Waals surface area contributed by atoms with Gasteiger partial charge in [0.15, 0.2) is 11.6 Å². The molecule has 0 fully saturated rings. The molecule has 0 saturated carbocycles. The van der Waals surface area contributed by atoms with Crippen LogP contribution in [0.5, 0.6) is 5.75 Å². The smallest absolute Gasteiger partial charge is 0.172 e. The van der Waals surface area contributed by atoms with E-state index < -0.39 is 5.82 Å². The Balaban J connectivity index is 2.49. The summed E-state index contributed by atoms with van der Waals surface area (Å²) in [5, 5.41) is 13.3. The van der Waals surface area contributed by atoms with Gasteiger partial charge >= 0.3 is 0 Å². The largest absolute Gasteiger partial charge is 0.505 e. The average molecular weight is 206 g/mol. The van der Waals surface area contributed by atoms with E-state index >= 15 is 0 Å². The van der Waals surface area contributed by atoms with Gasteiger partial charge in [-0.1, -0.05) is 12.1 Å². The van der Waals surface area contributed by atoms with E-state index in [1.807, 2.05) is 6.92 Å². The molecular formula is C11H11FN2O.